The molecule has 2 nitrogen and oxygen atoms in total. The van der Waals surface area contributed by atoms with Crippen LogP contribution in [0.1, 0.15) is 23.1 Å². The number of benzene rings is 2. The summed E-state index contributed by atoms with van der Waals surface area (Å²) in [6, 6.07) is 11.7. The van der Waals surface area contributed by atoms with Gasteiger partial charge in [0.2, 0.25) is 0 Å². The van der Waals surface area contributed by atoms with Crippen molar-refractivity contribution in [1.82, 2.24) is 5.32 Å². The van der Waals surface area contributed by atoms with Gasteiger partial charge in [-0.1, -0.05) is 17.7 Å². The molecule has 0 atom stereocenters. The summed E-state index contributed by atoms with van der Waals surface area (Å²) in [6.07, 6.45) is 2.25. The quantitative estimate of drug-likeness (QED) is 0.918. The first kappa shape index (κ1) is 14.1. The van der Waals surface area contributed by atoms with Crippen molar-refractivity contribution in [1.29, 1.82) is 0 Å². The highest BCUT2D eigenvalue weighted by Gasteiger charge is 2.20. The Morgan fingerprint density at radius 2 is 1.95 bits per heavy atom. The Morgan fingerprint density at radius 3 is 2.76 bits per heavy atom. The fraction of sp³-hybridized carbons (Fsp3) is 0.333. The highest BCUT2D eigenvalue weighted by Crippen LogP contribution is 2.36. The predicted molar refractivity (Wildman–Crippen MR) is 85.7 cm³/mol. The summed E-state index contributed by atoms with van der Waals surface area (Å²) in [7, 11) is 1.89. The molecule has 1 aliphatic rings. The second-order valence-corrected chi connectivity index (χ2v) is 5.69. The number of hydrogen-bond donors (Lipinski definition) is 1. The van der Waals surface area contributed by atoms with E-state index in [0.717, 1.165) is 30.6 Å². The molecule has 0 bridgehead atoms. The van der Waals surface area contributed by atoms with Gasteiger partial charge in [-0.2, -0.15) is 0 Å². The average molecular weight is 284 g/mol. The lowest BCUT2D eigenvalue weighted by Gasteiger charge is -2.33. The number of halogens is 1. The van der Waals surface area contributed by atoms with Crippen LogP contribution in [0.2, 0.25) is 0 Å². The number of nitrogens with one attached hydrogen (secondary N) is 1. The van der Waals surface area contributed by atoms with Gasteiger partial charge in [0.25, 0.3) is 0 Å². The largest absolute Gasteiger partial charge is 0.341 e. The van der Waals surface area contributed by atoms with E-state index in [1.165, 1.54) is 16.8 Å². The van der Waals surface area contributed by atoms with Crippen LogP contribution >= 0.6 is 0 Å². The molecule has 110 valence electrons. The number of nitrogens with zero attached hydrogens (tertiary/aromatic N) is 1. The second-order valence-electron chi connectivity index (χ2n) is 5.69. The van der Waals surface area contributed by atoms with Crippen LogP contribution in [-0.2, 0) is 13.0 Å². The van der Waals surface area contributed by atoms with Crippen LogP contribution in [0.4, 0.5) is 15.8 Å². The Hall–Kier alpha value is -1.87. The molecule has 0 saturated heterocycles. The summed E-state index contributed by atoms with van der Waals surface area (Å²) >= 11 is 0. The number of fused-ring (bicyclic) bond motifs is 1. The van der Waals surface area contributed by atoms with Gasteiger partial charge in [-0.15, -0.1) is 0 Å². The van der Waals surface area contributed by atoms with Crippen LogP contribution in [0.3, 0.4) is 0 Å². The molecule has 0 unspecified atom stereocenters. The van der Waals surface area contributed by atoms with Crippen LogP contribution in [0.15, 0.2) is 36.4 Å². The molecule has 0 spiro atoms. The van der Waals surface area contributed by atoms with Gasteiger partial charge in [0, 0.05) is 24.5 Å². The summed E-state index contributed by atoms with van der Waals surface area (Å²) in [4.78, 5) is 2.32. The van der Waals surface area contributed by atoms with E-state index in [9.17, 15) is 4.39 Å². The molecule has 0 aliphatic carbocycles. The Kier molecular flexibility index (Phi) is 3.93. The van der Waals surface area contributed by atoms with Crippen molar-refractivity contribution < 1.29 is 4.39 Å². The minimum Gasteiger partial charge on any atom is -0.341 e. The van der Waals surface area contributed by atoms with Crippen molar-refractivity contribution >= 4 is 11.4 Å². The van der Waals surface area contributed by atoms with Crippen LogP contribution in [0, 0.1) is 12.7 Å². The summed E-state index contributed by atoms with van der Waals surface area (Å²) < 4.78 is 13.5. The molecular formula is C18H21FN2. The molecule has 0 saturated carbocycles. The Bertz CT molecular complexity index is 652. The van der Waals surface area contributed by atoms with Gasteiger partial charge < -0.3 is 10.2 Å². The van der Waals surface area contributed by atoms with Crippen molar-refractivity contribution in [3.05, 3.63) is 58.9 Å². The predicted octanol–water partition coefficient (Wildman–Crippen LogP) is 3.94. The summed E-state index contributed by atoms with van der Waals surface area (Å²) in [5.74, 6) is -0.176. The van der Waals surface area contributed by atoms with Crippen LogP contribution < -0.4 is 10.2 Å². The monoisotopic (exact) mass is 284 g/mol. The molecule has 1 aliphatic heterocycles. The highest BCUT2D eigenvalue weighted by atomic mass is 19.1. The summed E-state index contributed by atoms with van der Waals surface area (Å²) in [5, 5.41) is 3.13. The minimum atomic E-state index is -0.176. The molecule has 1 N–H and O–H groups in total. The van der Waals surface area contributed by atoms with E-state index in [1.807, 2.05) is 13.1 Å². The smallest absolute Gasteiger partial charge is 0.123 e. The maximum Gasteiger partial charge on any atom is 0.123 e. The standard InChI is InChI=1S/C18H21FN2/c1-13-5-7-17-14(10-13)4-3-9-21(17)18-8-6-16(19)11-15(18)12-20-2/h5-8,10-11,20H,3-4,9,12H2,1-2H3. The lowest BCUT2D eigenvalue weighted by atomic mass is 9.98. The maximum absolute atomic E-state index is 13.5. The van der Waals surface area contributed by atoms with Crippen LogP contribution in [0.25, 0.3) is 0 Å². The molecule has 3 heteroatoms. The average Bonchev–Trinajstić information content (AvgIpc) is 2.47. The van der Waals surface area contributed by atoms with Gasteiger partial charge in [-0.25, -0.2) is 4.39 Å². The number of hydrogen-bond acceptors (Lipinski definition) is 2. The lowest BCUT2D eigenvalue weighted by Crippen LogP contribution is -2.26. The minimum absolute atomic E-state index is 0.176. The van der Waals surface area contributed by atoms with Gasteiger partial charge in [-0.3, -0.25) is 0 Å². The molecule has 0 amide bonds. The van der Waals surface area contributed by atoms with E-state index in [0.29, 0.717) is 6.54 Å². The summed E-state index contributed by atoms with van der Waals surface area (Å²) in [5.41, 5.74) is 6.06. The fourth-order valence-corrected chi connectivity index (χ4v) is 3.13. The van der Waals surface area contributed by atoms with E-state index in [1.54, 1.807) is 12.1 Å². The molecule has 2 aromatic carbocycles. The zero-order valence-corrected chi connectivity index (χ0v) is 12.6. The topological polar surface area (TPSA) is 15.3 Å². The summed E-state index contributed by atoms with van der Waals surface area (Å²) in [6.45, 7) is 3.78. The fourth-order valence-electron chi connectivity index (χ4n) is 3.13. The maximum atomic E-state index is 13.5. The first-order valence-electron chi connectivity index (χ1n) is 7.49. The lowest BCUT2D eigenvalue weighted by molar-refractivity contribution is 0.623. The zero-order valence-electron chi connectivity index (χ0n) is 12.6. The van der Waals surface area contributed by atoms with Crippen molar-refractivity contribution in [3.63, 3.8) is 0 Å². The molecule has 0 fully saturated rings. The first-order chi connectivity index (χ1) is 10.2. The number of aryl methyl sites for hydroxylation is 2. The highest BCUT2D eigenvalue weighted by molar-refractivity contribution is 5.70. The van der Waals surface area contributed by atoms with Gasteiger partial charge >= 0.3 is 0 Å². The third-order valence-electron chi connectivity index (χ3n) is 4.05. The van der Waals surface area contributed by atoms with Gasteiger partial charge in [0.15, 0.2) is 0 Å². The Morgan fingerprint density at radius 1 is 1.14 bits per heavy atom. The molecule has 0 aromatic heterocycles. The van der Waals surface area contributed by atoms with E-state index < -0.39 is 0 Å². The van der Waals surface area contributed by atoms with Crippen molar-refractivity contribution in [2.75, 3.05) is 18.5 Å². The first-order valence-corrected chi connectivity index (χ1v) is 7.49. The third kappa shape index (κ3) is 2.79. The number of anilines is 2. The zero-order chi connectivity index (χ0) is 14.8. The molecule has 21 heavy (non-hydrogen) atoms. The molecule has 3 rings (SSSR count). The molecular weight excluding hydrogens is 263 g/mol. The normalized spacial score (nSPS) is 14.1. The molecule has 0 radical (unpaired) electrons. The van der Waals surface area contributed by atoms with Gasteiger partial charge in [0.05, 0.1) is 0 Å². The van der Waals surface area contributed by atoms with Gasteiger partial charge in [-0.05, 0) is 62.2 Å². The van der Waals surface area contributed by atoms with E-state index >= 15 is 0 Å². The van der Waals surface area contributed by atoms with Gasteiger partial charge in [0.1, 0.15) is 5.82 Å². The number of rotatable bonds is 3. The van der Waals surface area contributed by atoms with Crippen LogP contribution in [0.5, 0.6) is 0 Å². The molecule has 2 aromatic rings. The van der Waals surface area contributed by atoms with E-state index in [4.69, 9.17) is 0 Å². The van der Waals surface area contributed by atoms with Crippen molar-refractivity contribution in [3.8, 4) is 0 Å². The Labute approximate surface area is 125 Å². The van der Waals surface area contributed by atoms with Crippen molar-refractivity contribution in [2.45, 2.75) is 26.3 Å². The van der Waals surface area contributed by atoms with E-state index in [2.05, 4.69) is 35.3 Å². The van der Waals surface area contributed by atoms with Crippen molar-refractivity contribution in [2.24, 2.45) is 0 Å². The van der Waals surface area contributed by atoms with Crippen LogP contribution in [-0.4, -0.2) is 13.6 Å². The second kappa shape index (κ2) is 5.86. The molecule has 1 heterocycles. The SMILES string of the molecule is CNCc1cc(F)ccc1N1CCCc2cc(C)ccc21. The Balaban J connectivity index is 2.06. The third-order valence-corrected chi connectivity index (χ3v) is 4.05. The van der Waals surface area contributed by atoms with E-state index in [-0.39, 0.29) is 5.82 Å².